The number of ether oxygens (including phenoxy) is 2. The van der Waals surface area contributed by atoms with Crippen LogP contribution in [0.4, 0.5) is 0 Å². The number of carbonyl (C=O) groups excluding carboxylic acids is 1. The Labute approximate surface area is 232 Å². The number of aryl methyl sites for hydroxylation is 3. The number of piperidine rings is 1. The van der Waals surface area contributed by atoms with Gasteiger partial charge in [0.1, 0.15) is 16.8 Å². The van der Waals surface area contributed by atoms with Crippen molar-refractivity contribution in [1.29, 1.82) is 5.41 Å². The highest BCUT2D eigenvalue weighted by atomic mass is 16.5. The molecule has 1 saturated heterocycles. The Kier molecular flexibility index (Phi) is 8.16. The van der Waals surface area contributed by atoms with Crippen LogP contribution in [-0.2, 0) is 13.0 Å². The van der Waals surface area contributed by atoms with E-state index in [2.05, 4.69) is 10.2 Å². The second-order valence-electron chi connectivity index (χ2n) is 10.2. The average Bonchev–Trinajstić information content (AvgIpc) is 2.97. The molecule has 0 spiro atoms. The molecule has 1 aromatic carbocycles. The molecule has 1 fully saturated rings. The molecule has 10 heteroatoms. The third-order valence-corrected chi connectivity index (χ3v) is 7.61. The summed E-state index contributed by atoms with van der Waals surface area (Å²) < 4.78 is 14.0. The minimum Gasteiger partial charge on any atom is -0.493 e. The van der Waals surface area contributed by atoms with Gasteiger partial charge in [-0.25, -0.2) is 4.98 Å². The summed E-state index contributed by atoms with van der Waals surface area (Å²) in [4.78, 5) is 34.1. The van der Waals surface area contributed by atoms with Gasteiger partial charge in [-0.05, 0) is 74.7 Å². The number of amides is 1. The topological polar surface area (TPSA) is 114 Å². The summed E-state index contributed by atoms with van der Waals surface area (Å²) >= 11 is 0. The maximum absolute atomic E-state index is 13.6. The number of rotatable bonds is 9. The number of hydrogen-bond donors (Lipinski definition) is 2. The molecule has 210 valence electrons. The first kappa shape index (κ1) is 27.4. The fourth-order valence-corrected chi connectivity index (χ4v) is 5.37. The van der Waals surface area contributed by atoms with Crippen LogP contribution in [0.5, 0.6) is 11.5 Å². The van der Waals surface area contributed by atoms with Crippen molar-refractivity contribution in [2.45, 2.75) is 39.2 Å². The summed E-state index contributed by atoms with van der Waals surface area (Å²) in [6, 6.07) is 10.9. The lowest BCUT2D eigenvalue weighted by Crippen LogP contribution is -2.40. The largest absolute Gasteiger partial charge is 0.493 e. The van der Waals surface area contributed by atoms with Gasteiger partial charge in [0, 0.05) is 25.8 Å². The Morgan fingerprint density at radius 2 is 1.80 bits per heavy atom. The normalized spacial score (nSPS) is 14.0. The molecule has 1 amide bonds. The van der Waals surface area contributed by atoms with Crippen molar-refractivity contribution >= 4 is 22.6 Å². The molecule has 0 atom stereocenters. The van der Waals surface area contributed by atoms with E-state index in [4.69, 9.17) is 19.9 Å². The molecule has 10 nitrogen and oxygen atoms in total. The lowest BCUT2D eigenvalue weighted by atomic mass is 10.1. The second kappa shape index (κ2) is 11.9. The minimum atomic E-state index is -0.363. The number of likely N-dealkylation sites (tertiary alicyclic amines) is 1. The number of nitrogens with one attached hydrogen (secondary N) is 2. The maximum atomic E-state index is 13.6. The first-order valence-corrected chi connectivity index (χ1v) is 13.7. The van der Waals surface area contributed by atoms with Crippen LogP contribution < -0.4 is 25.8 Å². The van der Waals surface area contributed by atoms with Crippen LogP contribution in [0.15, 0.2) is 47.4 Å². The van der Waals surface area contributed by atoms with E-state index in [0.717, 1.165) is 30.8 Å². The average molecular weight is 545 g/mol. The first-order valence-electron chi connectivity index (χ1n) is 13.7. The molecule has 0 bridgehead atoms. The van der Waals surface area contributed by atoms with Crippen LogP contribution in [0.3, 0.4) is 0 Å². The third-order valence-electron chi connectivity index (χ3n) is 7.61. The van der Waals surface area contributed by atoms with Gasteiger partial charge in [0.15, 0.2) is 11.5 Å². The Bertz CT molecular complexity index is 1670. The van der Waals surface area contributed by atoms with Crippen LogP contribution in [-0.4, -0.2) is 65.2 Å². The fourth-order valence-electron chi connectivity index (χ4n) is 5.37. The Morgan fingerprint density at radius 3 is 2.55 bits per heavy atom. The van der Waals surface area contributed by atoms with Gasteiger partial charge >= 0.3 is 0 Å². The van der Waals surface area contributed by atoms with Gasteiger partial charge in [-0.15, -0.1) is 0 Å². The highest BCUT2D eigenvalue weighted by Gasteiger charge is 2.19. The summed E-state index contributed by atoms with van der Waals surface area (Å²) in [6.07, 6.45) is 5.82. The van der Waals surface area contributed by atoms with Gasteiger partial charge in [0.2, 0.25) is 0 Å². The molecule has 2 N–H and O–H groups in total. The molecule has 4 heterocycles. The van der Waals surface area contributed by atoms with E-state index in [0.29, 0.717) is 47.7 Å². The van der Waals surface area contributed by atoms with Gasteiger partial charge < -0.3 is 24.3 Å². The molecule has 4 aromatic rings. The Balaban J connectivity index is 1.53. The number of nitrogens with zero attached hydrogens (tertiary/aromatic N) is 4. The quantitative estimate of drug-likeness (QED) is 0.313. The molecule has 0 saturated carbocycles. The van der Waals surface area contributed by atoms with Crippen molar-refractivity contribution in [3.8, 4) is 11.5 Å². The fraction of sp³-hybridized carbons (Fsp3) is 0.400. The summed E-state index contributed by atoms with van der Waals surface area (Å²) in [5, 5.41) is 12.3. The minimum absolute atomic E-state index is 0.0216. The van der Waals surface area contributed by atoms with E-state index in [1.54, 1.807) is 31.0 Å². The van der Waals surface area contributed by atoms with Crippen molar-refractivity contribution in [2.24, 2.45) is 0 Å². The zero-order valence-electron chi connectivity index (χ0n) is 23.3. The van der Waals surface area contributed by atoms with Crippen LogP contribution in [0, 0.1) is 12.3 Å². The van der Waals surface area contributed by atoms with Crippen LogP contribution >= 0.6 is 0 Å². The van der Waals surface area contributed by atoms with Gasteiger partial charge in [-0.3, -0.25) is 19.4 Å². The molecular weight excluding hydrogens is 508 g/mol. The third kappa shape index (κ3) is 5.44. The van der Waals surface area contributed by atoms with Crippen molar-refractivity contribution in [1.82, 2.24) is 24.2 Å². The Hall–Kier alpha value is -4.18. The molecule has 5 rings (SSSR count). The predicted molar refractivity (Wildman–Crippen MR) is 153 cm³/mol. The van der Waals surface area contributed by atoms with Gasteiger partial charge in [0.05, 0.1) is 25.2 Å². The highest BCUT2D eigenvalue weighted by molar-refractivity contribution is 5.96. The number of aromatic nitrogens is 3. The Morgan fingerprint density at radius 1 is 1.02 bits per heavy atom. The SMILES string of the molecule is COc1ccc(CCn2c(=N)c(C(=O)NCCN3CCCCC3)cc3c(=O)n4cccc(C)c4nc32)cc1OC. The zero-order valence-corrected chi connectivity index (χ0v) is 23.3. The number of fused-ring (bicyclic) bond motifs is 2. The smallest absolute Gasteiger partial charge is 0.267 e. The summed E-state index contributed by atoms with van der Waals surface area (Å²) in [7, 11) is 3.18. The molecule has 3 aromatic heterocycles. The molecule has 1 aliphatic rings. The number of benzene rings is 1. The lowest BCUT2D eigenvalue weighted by molar-refractivity contribution is 0.0944. The highest BCUT2D eigenvalue weighted by Crippen LogP contribution is 2.28. The molecule has 0 radical (unpaired) electrons. The molecule has 0 aliphatic carbocycles. The van der Waals surface area contributed by atoms with E-state index in [-0.39, 0.29) is 22.5 Å². The number of methoxy groups -OCH3 is 2. The molecule has 0 unspecified atom stereocenters. The van der Waals surface area contributed by atoms with Crippen molar-refractivity contribution in [3.05, 3.63) is 75.1 Å². The van der Waals surface area contributed by atoms with Crippen molar-refractivity contribution < 1.29 is 14.3 Å². The van der Waals surface area contributed by atoms with E-state index in [1.807, 2.05) is 31.2 Å². The summed E-state index contributed by atoms with van der Waals surface area (Å²) in [5.41, 5.74) is 2.62. The van der Waals surface area contributed by atoms with Gasteiger partial charge in [0.25, 0.3) is 11.5 Å². The molecule has 40 heavy (non-hydrogen) atoms. The second-order valence-corrected chi connectivity index (χ2v) is 10.2. The monoisotopic (exact) mass is 544 g/mol. The molecular formula is C30H36N6O4. The summed E-state index contributed by atoms with van der Waals surface area (Å²) in [5.74, 6) is 0.878. The van der Waals surface area contributed by atoms with Crippen LogP contribution in [0.2, 0.25) is 0 Å². The van der Waals surface area contributed by atoms with Crippen molar-refractivity contribution in [2.75, 3.05) is 40.4 Å². The van der Waals surface area contributed by atoms with Crippen molar-refractivity contribution in [3.63, 3.8) is 0 Å². The zero-order chi connectivity index (χ0) is 28.2. The van der Waals surface area contributed by atoms with Crippen LogP contribution in [0.25, 0.3) is 16.7 Å². The predicted octanol–water partition coefficient (Wildman–Crippen LogP) is 2.91. The lowest BCUT2D eigenvalue weighted by Gasteiger charge is -2.26. The van der Waals surface area contributed by atoms with E-state index in [9.17, 15) is 9.59 Å². The summed E-state index contributed by atoms with van der Waals surface area (Å²) in [6.45, 7) is 5.57. The molecule has 1 aliphatic heterocycles. The van der Waals surface area contributed by atoms with Gasteiger partial charge in [-0.2, -0.15) is 0 Å². The van der Waals surface area contributed by atoms with Crippen LogP contribution in [0.1, 0.15) is 40.7 Å². The number of pyridine rings is 2. The van der Waals surface area contributed by atoms with E-state index >= 15 is 0 Å². The van der Waals surface area contributed by atoms with E-state index < -0.39 is 0 Å². The standard InChI is InChI=1S/C30H36N6O4/c1-20-8-7-15-36-27(20)33-28-23(30(36)38)19-22(29(37)32-12-17-34-13-5-4-6-14-34)26(31)35(28)16-11-21-9-10-24(39-2)25(18-21)40-3/h7-10,15,18-19,31H,4-6,11-14,16-17H2,1-3H3,(H,32,37). The van der Waals surface area contributed by atoms with Gasteiger partial charge in [-0.1, -0.05) is 18.6 Å². The maximum Gasteiger partial charge on any atom is 0.267 e. The first-order chi connectivity index (χ1) is 19.4. The van der Waals surface area contributed by atoms with E-state index in [1.165, 1.54) is 29.7 Å². The number of carbonyl (C=O) groups is 1. The number of hydrogen-bond acceptors (Lipinski definition) is 7.